The molecule has 0 atom stereocenters. The van der Waals surface area contributed by atoms with Crippen molar-refractivity contribution in [1.82, 2.24) is 0 Å². The molecule has 1 aromatic carbocycles. The lowest BCUT2D eigenvalue weighted by Gasteiger charge is -2.03. The molecule has 1 rings (SSSR count). The number of nitrogens with zero attached hydrogens (tertiary/aromatic N) is 2. The summed E-state index contributed by atoms with van der Waals surface area (Å²) in [6.45, 7) is 0. The van der Waals surface area contributed by atoms with Crippen LogP contribution < -0.4 is 11.5 Å². The monoisotopic (exact) mass is 398 g/mol. The van der Waals surface area contributed by atoms with Crippen LogP contribution in [0.2, 0.25) is 0 Å². The summed E-state index contributed by atoms with van der Waals surface area (Å²) in [6.07, 6.45) is 1.39. The molecular formula is C9H9BrFIN4. The summed E-state index contributed by atoms with van der Waals surface area (Å²) >= 11 is 5.28. The smallest absolute Gasteiger partial charge is 0.211 e. The highest BCUT2D eigenvalue weighted by Gasteiger charge is 2.06. The summed E-state index contributed by atoms with van der Waals surface area (Å²) in [4.78, 5) is 0. The van der Waals surface area contributed by atoms with E-state index in [1.54, 1.807) is 6.07 Å². The molecule has 16 heavy (non-hydrogen) atoms. The highest BCUT2D eigenvalue weighted by molar-refractivity contribution is 14.1. The van der Waals surface area contributed by atoms with E-state index in [1.165, 1.54) is 12.3 Å². The summed E-state index contributed by atoms with van der Waals surface area (Å²) in [5.74, 6) is -0.418. The highest BCUT2D eigenvalue weighted by atomic mass is 127. The maximum atomic E-state index is 13.5. The average molecular weight is 399 g/mol. The Balaban J connectivity index is 3.00. The fraction of sp³-hybridized carbons (Fsp3) is 0.111. The third kappa shape index (κ3) is 3.71. The standard InChI is InChI=1S/C9H9BrFIN4/c10-3-6-7(11)1-5(2-8(6)12)4-15-16-9(13)14/h1-2,4H,3H2,(H4,13,14,16). The van der Waals surface area contributed by atoms with Crippen LogP contribution in [0.4, 0.5) is 4.39 Å². The lowest BCUT2D eigenvalue weighted by atomic mass is 10.1. The van der Waals surface area contributed by atoms with Gasteiger partial charge in [-0.25, -0.2) is 4.39 Å². The molecule has 0 aliphatic rings. The molecule has 4 nitrogen and oxygen atoms in total. The molecule has 0 saturated carbocycles. The molecule has 0 fully saturated rings. The van der Waals surface area contributed by atoms with Crippen LogP contribution in [0.25, 0.3) is 0 Å². The fourth-order valence-electron chi connectivity index (χ4n) is 0.987. The van der Waals surface area contributed by atoms with Crippen LogP contribution in [0.1, 0.15) is 11.1 Å². The Morgan fingerprint density at radius 1 is 1.50 bits per heavy atom. The molecule has 0 spiro atoms. The van der Waals surface area contributed by atoms with Gasteiger partial charge in [-0.05, 0) is 40.3 Å². The normalized spacial score (nSPS) is 10.7. The number of halogens is 3. The maximum Gasteiger partial charge on any atom is 0.211 e. The van der Waals surface area contributed by atoms with Gasteiger partial charge in [-0.2, -0.15) is 5.10 Å². The van der Waals surface area contributed by atoms with Crippen molar-refractivity contribution < 1.29 is 4.39 Å². The first kappa shape index (κ1) is 13.4. The lowest BCUT2D eigenvalue weighted by molar-refractivity contribution is 0.616. The summed E-state index contributed by atoms with van der Waals surface area (Å²) < 4.78 is 14.3. The molecule has 0 saturated heterocycles. The van der Waals surface area contributed by atoms with Gasteiger partial charge in [-0.1, -0.05) is 15.9 Å². The quantitative estimate of drug-likeness (QED) is 0.268. The van der Waals surface area contributed by atoms with Crippen molar-refractivity contribution >= 4 is 50.7 Å². The minimum Gasteiger partial charge on any atom is -0.369 e. The van der Waals surface area contributed by atoms with Crippen LogP contribution in [-0.2, 0) is 5.33 Å². The zero-order valence-electron chi connectivity index (χ0n) is 8.12. The van der Waals surface area contributed by atoms with Crippen LogP contribution in [0.15, 0.2) is 22.3 Å². The van der Waals surface area contributed by atoms with Crippen molar-refractivity contribution in [3.05, 3.63) is 32.6 Å². The Labute approximate surface area is 114 Å². The van der Waals surface area contributed by atoms with Crippen molar-refractivity contribution in [2.75, 3.05) is 0 Å². The van der Waals surface area contributed by atoms with E-state index in [2.05, 4.69) is 48.7 Å². The number of hydrogen-bond acceptors (Lipinski definition) is 2. The molecule has 0 bridgehead atoms. The molecular weight excluding hydrogens is 390 g/mol. The van der Waals surface area contributed by atoms with E-state index in [9.17, 15) is 4.39 Å². The number of rotatable bonds is 3. The molecule has 0 amide bonds. The SMILES string of the molecule is NC(N)=NN=Cc1cc(F)c(CBr)c(I)c1. The Hall–Kier alpha value is -0.700. The summed E-state index contributed by atoms with van der Waals surface area (Å²) in [6, 6.07) is 3.18. The van der Waals surface area contributed by atoms with Crippen molar-refractivity contribution in [3.8, 4) is 0 Å². The molecule has 0 radical (unpaired) electrons. The van der Waals surface area contributed by atoms with E-state index in [0.717, 1.165) is 3.57 Å². The second-order valence-corrected chi connectivity index (χ2v) is 4.59. The van der Waals surface area contributed by atoms with Crippen molar-refractivity contribution in [2.24, 2.45) is 21.7 Å². The van der Waals surface area contributed by atoms with Gasteiger partial charge in [0, 0.05) is 14.5 Å². The van der Waals surface area contributed by atoms with E-state index in [0.29, 0.717) is 16.5 Å². The van der Waals surface area contributed by atoms with Crippen molar-refractivity contribution in [2.45, 2.75) is 5.33 Å². The minimum absolute atomic E-state index is 0.136. The number of alkyl halides is 1. The van der Waals surface area contributed by atoms with Gasteiger partial charge in [0.05, 0.1) is 6.21 Å². The van der Waals surface area contributed by atoms with Crippen LogP contribution in [0, 0.1) is 9.39 Å². The maximum absolute atomic E-state index is 13.5. The van der Waals surface area contributed by atoms with Gasteiger partial charge in [-0.3, -0.25) is 0 Å². The molecule has 1 aromatic rings. The van der Waals surface area contributed by atoms with Gasteiger partial charge in [0.2, 0.25) is 5.96 Å². The fourth-order valence-corrected chi connectivity index (χ4v) is 2.89. The highest BCUT2D eigenvalue weighted by Crippen LogP contribution is 2.20. The Bertz CT molecular complexity index is 420. The van der Waals surface area contributed by atoms with Gasteiger partial charge < -0.3 is 11.5 Å². The number of hydrogen-bond donors (Lipinski definition) is 2. The third-order valence-electron chi connectivity index (χ3n) is 1.68. The molecule has 7 heteroatoms. The predicted molar refractivity (Wildman–Crippen MR) is 75.2 cm³/mol. The van der Waals surface area contributed by atoms with E-state index in [1.807, 2.05) is 0 Å². The Morgan fingerprint density at radius 3 is 2.69 bits per heavy atom. The first-order chi connectivity index (χ1) is 7.54. The van der Waals surface area contributed by atoms with Crippen molar-refractivity contribution in [1.29, 1.82) is 0 Å². The zero-order valence-corrected chi connectivity index (χ0v) is 11.9. The largest absolute Gasteiger partial charge is 0.369 e. The average Bonchev–Trinajstić information content (AvgIpc) is 2.16. The third-order valence-corrected chi connectivity index (χ3v) is 3.20. The number of guanidine groups is 1. The second kappa shape index (κ2) is 6.14. The topological polar surface area (TPSA) is 76.8 Å². The summed E-state index contributed by atoms with van der Waals surface area (Å²) in [5.41, 5.74) is 11.4. The van der Waals surface area contributed by atoms with Crippen LogP contribution in [-0.4, -0.2) is 12.2 Å². The molecule has 0 aliphatic carbocycles. The zero-order chi connectivity index (χ0) is 12.1. The van der Waals surface area contributed by atoms with Crippen LogP contribution in [0.5, 0.6) is 0 Å². The first-order valence-electron chi connectivity index (χ1n) is 4.20. The molecule has 0 unspecified atom stereocenters. The molecule has 4 N–H and O–H groups in total. The number of benzene rings is 1. The van der Waals surface area contributed by atoms with E-state index in [4.69, 9.17) is 11.5 Å². The number of nitrogens with two attached hydrogens (primary N) is 2. The first-order valence-corrected chi connectivity index (χ1v) is 6.40. The van der Waals surface area contributed by atoms with Gasteiger partial charge in [0.1, 0.15) is 5.82 Å². The van der Waals surface area contributed by atoms with Gasteiger partial charge in [-0.15, -0.1) is 5.10 Å². The summed E-state index contributed by atoms with van der Waals surface area (Å²) in [7, 11) is 0. The predicted octanol–water partition coefficient (Wildman–Crippen LogP) is 1.93. The lowest BCUT2D eigenvalue weighted by Crippen LogP contribution is -2.21. The Morgan fingerprint density at radius 2 is 2.19 bits per heavy atom. The van der Waals surface area contributed by atoms with E-state index in [-0.39, 0.29) is 11.8 Å². The Kier molecular flexibility index (Phi) is 5.13. The van der Waals surface area contributed by atoms with E-state index < -0.39 is 0 Å². The van der Waals surface area contributed by atoms with Crippen LogP contribution >= 0.6 is 38.5 Å². The van der Waals surface area contributed by atoms with Crippen LogP contribution in [0.3, 0.4) is 0 Å². The van der Waals surface area contributed by atoms with Crippen molar-refractivity contribution in [3.63, 3.8) is 0 Å². The molecule has 0 aliphatic heterocycles. The van der Waals surface area contributed by atoms with E-state index >= 15 is 0 Å². The second-order valence-electron chi connectivity index (χ2n) is 2.87. The summed E-state index contributed by atoms with van der Waals surface area (Å²) in [5, 5.41) is 7.51. The van der Waals surface area contributed by atoms with Gasteiger partial charge in [0.25, 0.3) is 0 Å². The minimum atomic E-state index is -0.282. The van der Waals surface area contributed by atoms with Gasteiger partial charge >= 0.3 is 0 Å². The van der Waals surface area contributed by atoms with Gasteiger partial charge in [0.15, 0.2) is 0 Å². The molecule has 0 heterocycles. The molecule has 0 aromatic heterocycles. The molecule has 86 valence electrons.